The summed E-state index contributed by atoms with van der Waals surface area (Å²) in [6.07, 6.45) is 1.97. The van der Waals surface area contributed by atoms with Gasteiger partial charge in [0.2, 0.25) is 5.91 Å². The number of fused-ring (bicyclic) bond motifs is 1. The lowest BCUT2D eigenvalue weighted by atomic mass is 9.91. The molecule has 0 saturated heterocycles. The molecule has 31 heavy (non-hydrogen) atoms. The molecule has 3 rings (SSSR count). The summed E-state index contributed by atoms with van der Waals surface area (Å²) in [5, 5.41) is 0.577. The van der Waals surface area contributed by atoms with Crippen molar-refractivity contribution in [3.8, 4) is 5.69 Å². The molecule has 1 aromatic heterocycles. The van der Waals surface area contributed by atoms with Gasteiger partial charge in [-0.3, -0.25) is 14.2 Å². The zero-order valence-electron chi connectivity index (χ0n) is 19.3. The number of rotatable bonds is 7. The van der Waals surface area contributed by atoms with Gasteiger partial charge < -0.3 is 4.90 Å². The largest absolute Gasteiger partial charge is 0.332 e. The van der Waals surface area contributed by atoms with Crippen LogP contribution in [0.25, 0.3) is 16.6 Å². The second-order valence-electron chi connectivity index (χ2n) is 9.21. The van der Waals surface area contributed by atoms with Crippen molar-refractivity contribution in [2.45, 2.75) is 59.9 Å². The highest BCUT2D eigenvalue weighted by Gasteiger charge is 2.30. The van der Waals surface area contributed by atoms with Crippen LogP contribution >= 0.6 is 0 Å². The maximum atomic E-state index is 13.6. The summed E-state index contributed by atoms with van der Waals surface area (Å²) >= 11 is 0. The molecule has 164 valence electrons. The molecule has 0 radical (unpaired) electrons. The first-order valence-corrected chi connectivity index (χ1v) is 11.1. The highest BCUT2D eigenvalue weighted by molar-refractivity contribution is 5.79. The second-order valence-corrected chi connectivity index (χ2v) is 9.21. The summed E-state index contributed by atoms with van der Waals surface area (Å²) in [7, 11) is 0. The van der Waals surface area contributed by atoms with Crippen LogP contribution in [-0.4, -0.2) is 26.9 Å². The lowest BCUT2D eigenvalue weighted by Crippen LogP contribution is -2.40. The van der Waals surface area contributed by atoms with E-state index in [0.717, 1.165) is 12.1 Å². The first kappa shape index (κ1) is 22.7. The van der Waals surface area contributed by atoms with E-state index in [-0.39, 0.29) is 22.9 Å². The van der Waals surface area contributed by atoms with Crippen molar-refractivity contribution in [2.75, 3.05) is 6.54 Å². The average Bonchev–Trinajstić information content (AvgIpc) is 2.73. The fraction of sp³-hybridized carbons (Fsp3) is 0.423. The Labute approximate surface area is 184 Å². The number of nitrogens with zero attached hydrogens (tertiary/aromatic N) is 3. The van der Waals surface area contributed by atoms with Crippen LogP contribution in [0.3, 0.4) is 0 Å². The Morgan fingerprint density at radius 2 is 1.68 bits per heavy atom. The fourth-order valence-electron chi connectivity index (χ4n) is 3.99. The zero-order chi connectivity index (χ0) is 22.6. The number of benzene rings is 2. The lowest BCUT2D eigenvalue weighted by Gasteiger charge is -2.34. The molecule has 5 heteroatoms. The van der Waals surface area contributed by atoms with E-state index < -0.39 is 0 Å². The van der Waals surface area contributed by atoms with Crippen LogP contribution in [0.2, 0.25) is 0 Å². The van der Waals surface area contributed by atoms with E-state index in [1.54, 1.807) is 4.57 Å². The Balaban J connectivity index is 2.24. The summed E-state index contributed by atoms with van der Waals surface area (Å²) in [5.41, 5.74) is 1.20. The van der Waals surface area contributed by atoms with Crippen molar-refractivity contribution in [2.24, 2.45) is 5.41 Å². The van der Waals surface area contributed by atoms with Crippen LogP contribution in [0.15, 0.2) is 59.4 Å². The van der Waals surface area contributed by atoms with Gasteiger partial charge in [0.25, 0.3) is 5.56 Å². The molecule has 3 aromatic rings. The van der Waals surface area contributed by atoms with Crippen molar-refractivity contribution in [1.82, 2.24) is 14.5 Å². The van der Waals surface area contributed by atoms with E-state index in [0.29, 0.717) is 36.1 Å². The third-order valence-electron chi connectivity index (χ3n) is 5.34. The maximum absolute atomic E-state index is 13.6. The summed E-state index contributed by atoms with van der Waals surface area (Å²) in [6.45, 7) is 11.0. The Kier molecular flexibility index (Phi) is 6.94. The molecular weight excluding hydrogens is 386 g/mol. The zero-order valence-corrected chi connectivity index (χ0v) is 19.3. The van der Waals surface area contributed by atoms with E-state index in [4.69, 9.17) is 4.98 Å². The molecule has 0 fully saturated rings. The normalized spacial score (nSPS) is 12.7. The molecule has 2 aromatic carbocycles. The topological polar surface area (TPSA) is 55.2 Å². The number of aromatic nitrogens is 2. The first-order valence-electron chi connectivity index (χ1n) is 11.1. The van der Waals surface area contributed by atoms with E-state index in [9.17, 15) is 9.59 Å². The molecule has 5 nitrogen and oxygen atoms in total. The minimum absolute atomic E-state index is 0.100. The number of hydrogen-bond acceptors (Lipinski definition) is 3. The molecular formula is C26H33N3O2. The predicted molar refractivity (Wildman–Crippen MR) is 126 cm³/mol. The van der Waals surface area contributed by atoms with Gasteiger partial charge in [0.05, 0.1) is 22.6 Å². The van der Waals surface area contributed by atoms with Crippen LogP contribution in [0.5, 0.6) is 0 Å². The molecule has 1 heterocycles. The summed E-state index contributed by atoms with van der Waals surface area (Å²) in [6, 6.07) is 16.7. The average molecular weight is 420 g/mol. The van der Waals surface area contributed by atoms with Gasteiger partial charge in [0.15, 0.2) is 0 Å². The number of carbonyl (C=O) groups excluding carboxylic acids is 1. The van der Waals surface area contributed by atoms with Crippen molar-refractivity contribution in [1.29, 1.82) is 0 Å². The fourth-order valence-corrected chi connectivity index (χ4v) is 3.99. The Morgan fingerprint density at radius 3 is 2.29 bits per heavy atom. The summed E-state index contributed by atoms with van der Waals surface area (Å²) in [5.74, 6) is 0.719. The minimum atomic E-state index is -0.285. The summed E-state index contributed by atoms with van der Waals surface area (Å²) in [4.78, 5) is 33.8. The van der Waals surface area contributed by atoms with E-state index in [2.05, 4.69) is 27.7 Å². The third kappa shape index (κ3) is 5.04. The monoisotopic (exact) mass is 419 g/mol. The maximum Gasteiger partial charge on any atom is 0.266 e. The van der Waals surface area contributed by atoms with Gasteiger partial charge >= 0.3 is 0 Å². The first-order chi connectivity index (χ1) is 14.8. The van der Waals surface area contributed by atoms with Crippen LogP contribution in [-0.2, 0) is 4.79 Å². The van der Waals surface area contributed by atoms with Crippen LogP contribution in [0, 0.1) is 5.41 Å². The van der Waals surface area contributed by atoms with Crippen LogP contribution in [0.4, 0.5) is 0 Å². The second kappa shape index (κ2) is 9.46. The summed E-state index contributed by atoms with van der Waals surface area (Å²) < 4.78 is 1.68. The van der Waals surface area contributed by atoms with E-state index in [1.807, 2.05) is 66.4 Å². The van der Waals surface area contributed by atoms with Crippen molar-refractivity contribution in [3.63, 3.8) is 0 Å². The van der Waals surface area contributed by atoms with Gasteiger partial charge in [-0.2, -0.15) is 0 Å². The minimum Gasteiger partial charge on any atom is -0.332 e. The van der Waals surface area contributed by atoms with Gasteiger partial charge in [0, 0.05) is 13.0 Å². The van der Waals surface area contributed by atoms with Gasteiger partial charge in [-0.05, 0) is 42.5 Å². The van der Waals surface area contributed by atoms with Crippen LogP contribution < -0.4 is 5.56 Å². The van der Waals surface area contributed by atoms with Gasteiger partial charge in [-0.15, -0.1) is 0 Å². The van der Waals surface area contributed by atoms with Gasteiger partial charge in [-0.1, -0.05) is 65.0 Å². The third-order valence-corrected chi connectivity index (χ3v) is 5.34. The van der Waals surface area contributed by atoms with Gasteiger partial charge in [-0.25, -0.2) is 4.98 Å². The molecule has 0 N–H and O–H groups in total. The smallest absolute Gasteiger partial charge is 0.266 e. The quantitative estimate of drug-likeness (QED) is 0.507. The molecule has 0 bridgehead atoms. The Hall–Kier alpha value is -2.95. The standard InChI is InChI=1S/C26H33N3O2/c1-6-17-28(23(30)18-26(3,4)5)22(7-2)24-27-21-16-12-11-15-20(21)25(31)29(24)19-13-9-8-10-14-19/h8-16,22H,6-7,17-18H2,1-5H3. The number of amides is 1. The molecule has 0 saturated carbocycles. The molecule has 1 atom stereocenters. The SMILES string of the molecule is CCCN(C(=O)CC(C)(C)C)C(CC)c1nc2ccccc2c(=O)n1-c1ccccc1. The van der Waals surface area contributed by atoms with Gasteiger partial charge in [0.1, 0.15) is 5.82 Å². The number of hydrogen-bond donors (Lipinski definition) is 0. The van der Waals surface area contributed by atoms with Crippen LogP contribution in [0.1, 0.15) is 65.7 Å². The Bertz CT molecular complexity index is 1100. The number of carbonyl (C=O) groups is 1. The molecule has 0 aliphatic rings. The molecule has 0 aliphatic heterocycles. The predicted octanol–water partition coefficient (Wildman–Crippen LogP) is 5.51. The highest BCUT2D eigenvalue weighted by atomic mass is 16.2. The Morgan fingerprint density at radius 1 is 1.03 bits per heavy atom. The van der Waals surface area contributed by atoms with Crippen molar-refractivity contribution < 1.29 is 4.79 Å². The molecule has 0 spiro atoms. The van der Waals surface area contributed by atoms with Crippen molar-refractivity contribution >= 4 is 16.8 Å². The van der Waals surface area contributed by atoms with E-state index in [1.165, 1.54) is 0 Å². The molecule has 1 amide bonds. The number of para-hydroxylation sites is 2. The lowest BCUT2D eigenvalue weighted by molar-refractivity contribution is -0.136. The molecule has 1 unspecified atom stereocenters. The molecule has 0 aliphatic carbocycles. The van der Waals surface area contributed by atoms with E-state index >= 15 is 0 Å². The van der Waals surface area contributed by atoms with Crippen molar-refractivity contribution in [3.05, 3.63) is 70.8 Å². The highest BCUT2D eigenvalue weighted by Crippen LogP contribution is 2.29.